The molecule has 0 unspecified atom stereocenters. The van der Waals surface area contributed by atoms with E-state index in [9.17, 15) is 0 Å². The normalized spacial score (nSPS) is 13.2. The summed E-state index contributed by atoms with van der Waals surface area (Å²) in [6, 6.07) is 61.1. The van der Waals surface area contributed by atoms with Gasteiger partial charge in [0.1, 0.15) is 11.0 Å². The van der Waals surface area contributed by atoms with Gasteiger partial charge in [-0.25, -0.2) is 9.97 Å². The molecule has 15 rings (SSSR count). The van der Waals surface area contributed by atoms with Crippen molar-refractivity contribution in [3.8, 4) is 16.8 Å². The van der Waals surface area contributed by atoms with Crippen LogP contribution in [0.4, 0.5) is 0 Å². The average Bonchev–Trinajstić information content (AvgIpc) is 4.12. The van der Waals surface area contributed by atoms with Crippen molar-refractivity contribution in [1.82, 2.24) is 23.3 Å². The summed E-state index contributed by atoms with van der Waals surface area (Å²) in [7, 11) is 0. The highest BCUT2D eigenvalue weighted by atomic mass is 15.1. The van der Waals surface area contributed by atoms with E-state index < -0.39 is 0 Å². The van der Waals surface area contributed by atoms with Crippen molar-refractivity contribution in [3.63, 3.8) is 0 Å². The summed E-state index contributed by atoms with van der Waals surface area (Å²) in [6.07, 6.45) is 0. The van der Waals surface area contributed by atoms with Crippen molar-refractivity contribution in [2.24, 2.45) is 0 Å². The van der Waals surface area contributed by atoms with Crippen LogP contribution in [0.2, 0.25) is 0 Å². The first-order valence-corrected chi connectivity index (χ1v) is 23.6. The number of aromatic nitrogens is 5. The van der Waals surface area contributed by atoms with E-state index >= 15 is 0 Å². The maximum absolute atomic E-state index is 5.93. The van der Waals surface area contributed by atoms with Gasteiger partial charge in [0.25, 0.3) is 0 Å². The Morgan fingerprint density at radius 2 is 0.940 bits per heavy atom. The minimum Gasteiger partial charge on any atom is -0.309 e. The molecular formula is C62H45N5. The minimum atomic E-state index is -0.105. The number of nitrogens with zero attached hydrogens (tertiary/aromatic N) is 5. The smallest absolute Gasteiger partial charge is 0.165 e. The maximum atomic E-state index is 5.93. The first-order chi connectivity index (χ1) is 32.5. The Morgan fingerprint density at radius 1 is 0.373 bits per heavy atom. The number of hydrogen-bond acceptors (Lipinski definition) is 2. The van der Waals surface area contributed by atoms with Crippen molar-refractivity contribution in [3.05, 3.63) is 175 Å². The summed E-state index contributed by atoms with van der Waals surface area (Å²) in [4.78, 5) is 11.8. The highest BCUT2D eigenvalue weighted by Crippen LogP contribution is 2.49. The van der Waals surface area contributed by atoms with Crippen molar-refractivity contribution in [2.75, 3.05) is 0 Å². The lowest BCUT2D eigenvalue weighted by Crippen LogP contribution is -2.10. The van der Waals surface area contributed by atoms with Crippen molar-refractivity contribution in [1.29, 1.82) is 0 Å². The number of fused-ring (bicyclic) bond motifs is 18. The van der Waals surface area contributed by atoms with E-state index in [1.54, 1.807) is 0 Å². The monoisotopic (exact) mass is 859 g/mol. The Kier molecular flexibility index (Phi) is 6.92. The van der Waals surface area contributed by atoms with Crippen LogP contribution < -0.4 is 0 Å². The van der Waals surface area contributed by atoms with Gasteiger partial charge in [0, 0.05) is 54.3 Å². The van der Waals surface area contributed by atoms with E-state index in [0.717, 1.165) is 38.8 Å². The summed E-state index contributed by atoms with van der Waals surface area (Å²) in [5, 5.41) is 14.6. The lowest BCUT2D eigenvalue weighted by molar-refractivity contribution is 0.591. The molecule has 5 nitrogen and oxygen atoms in total. The summed E-state index contributed by atoms with van der Waals surface area (Å²) < 4.78 is 7.30. The Bertz CT molecular complexity index is 4620. The van der Waals surface area contributed by atoms with E-state index in [2.05, 4.69) is 219 Å². The van der Waals surface area contributed by atoms with Crippen molar-refractivity contribution in [2.45, 2.75) is 52.4 Å². The first-order valence-electron chi connectivity index (χ1n) is 23.6. The van der Waals surface area contributed by atoms with Gasteiger partial charge in [0.2, 0.25) is 0 Å². The molecule has 0 saturated heterocycles. The molecule has 0 N–H and O–H groups in total. The molecule has 0 amide bonds. The van der Waals surface area contributed by atoms with Gasteiger partial charge in [-0.15, -0.1) is 0 Å². The Labute approximate surface area is 385 Å². The molecule has 6 heterocycles. The predicted octanol–water partition coefficient (Wildman–Crippen LogP) is 16.4. The van der Waals surface area contributed by atoms with Gasteiger partial charge in [-0.1, -0.05) is 139 Å². The Hall–Kier alpha value is -8.02. The molecule has 15 aromatic rings. The molecule has 5 heteroatoms. The molecule has 0 spiro atoms. The van der Waals surface area contributed by atoms with Gasteiger partial charge in [0.15, 0.2) is 11.3 Å². The third kappa shape index (κ3) is 4.78. The molecule has 6 aromatic heterocycles. The highest BCUT2D eigenvalue weighted by Gasteiger charge is 2.30. The zero-order chi connectivity index (χ0) is 44.8. The maximum Gasteiger partial charge on any atom is 0.165 e. The van der Waals surface area contributed by atoms with Crippen molar-refractivity contribution < 1.29 is 0 Å². The quantitative estimate of drug-likeness (QED) is 0.174. The summed E-state index contributed by atoms with van der Waals surface area (Å²) in [5.74, 6) is 0. The largest absolute Gasteiger partial charge is 0.309 e. The van der Waals surface area contributed by atoms with E-state index in [1.807, 2.05) is 0 Å². The van der Waals surface area contributed by atoms with Crippen molar-refractivity contribution >= 4 is 120 Å². The average molecular weight is 860 g/mol. The molecule has 0 bridgehead atoms. The van der Waals surface area contributed by atoms with E-state index in [1.165, 1.54) is 109 Å². The molecule has 0 saturated carbocycles. The van der Waals surface area contributed by atoms with Crippen LogP contribution in [0.15, 0.2) is 164 Å². The molecule has 0 fully saturated rings. The second-order valence-corrected chi connectivity index (χ2v) is 21.0. The second kappa shape index (κ2) is 12.4. The minimum absolute atomic E-state index is 0.0155. The summed E-state index contributed by atoms with van der Waals surface area (Å²) in [6.45, 7) is 13.9. The topological polar surface area (TPSA) is 39.5 Å². The van der Waals surface area contributed by atoms with Gasteiger partial charge < -0.3 is 4.57 Å². The standard InChI is InChI=1S/C62H45N5/c1-61(2,3)37-25-27-51-44(31-37)45-28-35-17-11-13-21-41(35)53-55-60(66(51)58(45)53)63-54-48-33-38(62(4,5)6)32-47-46-29-34-16-10-12-20-40(34)52(57(46)67(56(47)48)59(54)64-55)36-24-26-50-43(30-36)42-22-14-15-23-49(42)65(50)39-18-8-7-9-19-39/h7-33H,1-6H3. The molecule has 67 heavy (non-hydrogen) atoms. The van der Waals surface area contributed by atoms with Gasteiger partial charge in [-0.05, 0) is 116 Å². The fraction of sp³-hybridized carbons (Fsp3) is 0.129. The van der Waals surface area contributed by atoms with Gasteiger partial charge >= 0.3 is 0 Å². The van der Waals surface area contributed by atoms with Crippen LogP contribution in [0.3, 0.4) is 0 Å². The van der Waals surface area contributed by atoms with E-state index in [-0.39, 0.29) is 10.8 Å². The second-order valence-electron chi connectivity index (χ2n) is 21.0. The fourth-order valence-corrected chi connectivity index (χ4v) is 11.9. The molecular weight excluding hydrogens is 815 g/mol. The molecule has 0 aliphatic rings. The van der Waals surface area contributed by atoms with Crippen LogP contribution in [0.25, 0.3) is 137 Å². The van der Waals surface area contributed by atoms with Crippen LogP contribution in [-0.2, 0) is 10.8 Å². The lowest BCUT2D eigenvalue weighted by Gasteiger charge is -2.19. The fourth-order valence-electron chi connectivity index (χ4n) is 11.9. The van der Waals surface area contributed by atoms with Crippen LogP contribution in [0, 0.1) is 0 Å². The predicted molar refractivity (Wildman–Crippen MR) is 284 cm³/mol. The van der Waals surface area contributed by atoms with Crippen LogP contribution in [0.5, 0.6) is 0 Å². The SMILES string of the molecule is CC(C)(C)c1ccc2c(c1)c1cc3ccccc3c3c4nc5c(nc4n2c13)c1cc(C(C)(C)C)cc2c3cc4ccccc4c(-c4ccc6c(c4)c4ccccc4n6-c4ccccc4)c3n5c21. The third-order valence-electron chi connectivity index (χ3n) is 15.1. The van der Waals surface area contributed by atoms with E-state index in [4.69, 9.17) is 9.97 Å². The molecule has 0 radical (unpaired) electrons. The number of para-hydroxylation sites is 2. The van der Waals surface area contributed by atoms with Crippen LogP contribution >= 0.6 is 0 Å². The van der Waals surface area contributed by atoms with E-state index in [0.29, 0.717) is 0 Å². The lowest BCUT2D eigenvalue weighted by atomic mass is 9.85. The molecule has 0 aliphatic carbocycles. The molecule has 0 atom stereocenters. The van der Waals surface area contributed by atoms with Gasteiger partial charge in [-0.3, -0.25) is 8.80 Å². The van der Waals surface area contributed by atoms with Crippen LogP contribution in [0.1, 0.15) is 52.7 Å². The molecule has 9 aromatic carbocycles. The molecule has 0 aliphatic heterocycles. The zero-order valence-electron chi connectivity index (χ0n) is 38.3. The first kappa shape index (κ1) is 37.2. The van der Waals surface area contributed by atoms with Gasteiger partial charge in [-0.2, -0.15) is 0 Å². The van der Waals surface area contributed by atoms with Crippen LogP contribution in [-0.4, -0.2) is 23.3 Å². The zero-order valence-corrected chi connectivity index (χ0v) is 38.3. The number of hydrogen-bond donors (Lipinski definition) is 0. The summed E-state index contributed by atoms with van der Waals surface area (Å²) >= 11 is 0. The number of benzene rings is 9. The third-order valence-corrected chi connectivity index (χ3v) is 15.1. The Balaban J connectivity index is 1.14. The Morgan fingerprint density at radius 3 is 1.72 bits per heavy atom. The number of rotatable bonds is 2. The van der Waals surface area contributed by atoms with Gasteiger partial charge in [0.05, 0.1) is 33.1 Å². The summed E-state index contributed by atoms with van der Waals surface area (Å²) in [5.41, 5.74) is 16.8. The highest BCUT2D eigenvalue weighted by molar-refractivity contribution is 6.32. The molecule has 318 valence electrons.